The number of nitrogens with one attached hydrogen (secondary N) is 1. The fourth-order valence-corrected chi connectivity index (χ4v) is 2.40. The Morgan fingerprint density at radius 3 is 2.71 bits per heavy atom. The number of amides is 2. The minimum absolute atomic E-state index is 0.152. The van der Waals surface area contributed by atoms with Gasteiger partial charge in [0.05, 0.1) is 0 Å². The van der Waals surface area contributed by atoms with Crippen LogP contribution in [-0.4, -0.2) is 55.1 Å². The average Bonchev–Trinajstić information content (AvgIpc) is 2.45. The molecule has 2 aliphatic heterocycles. The van der Waals surface area contributed by atoms with Crippen LogP contribution < -0.4 is 5.32 Å². The van der Waals surface area contributed by atoms with Crippen LogP contribution in [0.25, 0.3) is 0 Å². The zero-order valence-corrected chi connectivity index (χ0v) is 8.99. The van der Waals surface area contributed by atoms with Crippen molar-refractivity contribution in [3.8, 4) is 0 Å². The van der Waals surface area contributed by atoms with Gasteiger partial charge >= 0.3 is 6.03 Å². The molecule has 2 saturated heterocycles. The summed E-state index contributed by atoms with van der Waals surface area (Å²) in [6.07, 6.45) is 3.62. The van der Waals surface area contributed by atoms with Crippen molar-refractivity contribution < 1.29 is 4.79 Å². The Labute approximate surface area is 85.2 Å². The normalized spacial score (nSPS) is 31.4. The molecule has 80 valence electrons. The zero-order valence-electron chi connectivity index (χ0n) is 8.99. The Bertz CT molecular complexity index is 229. The van der Waals surface area contributed by atoms with Gasteiger partial charge in [-0.25, -0.2) is 4.79 Å². The van der Waals surface area contributed by atoms with E-state index in [0.717, 1.165) is 19.5 Å². The highest BCUT2D eigenvalue weighted by Gasteiger charge is 2.31. The molecule has 1 N–H and O–H groups in total. The summed E-state index contributed by atoms with van der Waals surface area (Å²) in [5.74, 6) is 0. The number of urea groups is 1. The predicted octanol–water partition coefficient (Wildman–Crippen LogP) is 0.494. The van der Waals surface area contributed by atoms with Crippen LogP contribution in [0.3, 0.4) is 0 Å². The van der Waals surface area contributed by atoms with E-state index in [2.05, 4.69) is 5.32 Å². The SMILES string of the molecule is CN(C)C(=O)N1CCC2CCC(C1)N2. The lowest BCUT2D eigenvalue weighted by Gasteiger charge is -2.27. The van der Waals surface area contributed by atoms with Gasteiger partial charge in [0.2, 0.25) is 0 Å². The van der Waals surface area contributed by atoms with E-state index in [0.29, 0.717) is 12.1 Å². The van der Waals surface area contributed by atoms with Crippen LogP contribution in [0.15, 0.2) is 0 Å². The maximum absolute atomic E-state index is 11.8. The Hall–Kier alpha value is -0.770. The lowest BCUT2D eigenvalue weighted by Crippen LogP contribution is -2.43. The Kier molecular flexibility index (Phi) is 2.63. The molecule has 2 fully saturated rings. The molecule has 0 saturated carbocycles. The first kappa shape index (κ1) is 9.77. The second kappa shape index (κ2) is 3.77. The number of carbonyl (C=O) groups is 1. The van der Waals surface area contributed by atoms with Gasteiger partial charge in [-0.1, -0.05) is 0 Å². The van der Waals surface area contributed by atoms with E-state index in [-0.39, 0.29) is 6.03 Å². The number of hydrogen-bond donors (Lipinski definition) is 1. The largest absolute Gasteiger partial charge is 0.331 e. The van der Waals surface area contributed by atoms with Gasteiger partial charge in [-0.3, -0.25) is 0 Å². The van der Waals surface area contributed by atoms with Crippen molar-refractivity contribution in [1.82, 2.24) is 15.1 Å². The molecule has 2 unspecified atom stereocenters. The first-order valence-corrected chi connectivity index (χ1v) is 5.39. The molecule has 14 heavy (non-hydrogen) atoms. The van der Waals surface area contributed by atoms with Gasteiger partial charge in [0.25, 0.3) is 0 Å². The number of nitrogens with zero attached hydrogens (tertiary/aromatic N) is 2. The van der Waals surface area contributed by atoms with Gasteiger partial charge in [0.1, 0.15) is 0 Å². The summed E-state index contributed by atoms with van der Waals surface area (Å²) in [5.41, 5.74) is 0. The van der Waals surface area contributed by atoms with E-state index < -0.39 is 0 Å². The average molecular weight is 197 g/mol. The molecule has 4 nitrogen and oxygen atoms in total. The lowest BCUT2D eigenvalue weighted by atomic mass is 10.1. The first-order chi connectivity index (χ1) is 6.66. The number of fused-ring (bicyclic) bond motifs is 2. The van der Waals surface area contributed by atoms with E-state index in [4.69, 9.17) is 0 Å². The summed E-state index contributed by atoms with van der Waals surface area (Å²) in [5, 5.41) is 3.56. The Balaban J connectivity index is 1.98. The topological polar surface area (TPSA) is 35.6 Å². The van der Waals surface area contributed by atoms with Gasteiger partial charge < -0.3 is 15.1 Å². The molecule has 2 rings (SSSR count). The fraction of sp³-hybridized carbons (Fsp3) is 0.900. The molecule has 0 aromatic heterocycles. The second-order valence-electron chi connectivity index (χ2n) is 4.55. The molecular weight excluding hydrogens is 178 g/mol. The molecule has 4 heteroatoms. The summed E-state index contributed by atoms with van der Waals surface area (Å²) in [6.45, 7) is 1.79. The molecule has 0 aromatic rings. The monoisotopic (exact) mass is 197 g/mol. The molecule has 2 bridgehead atoms. The van der Waals surface area contributed by atoms with Crippen LogP contribution in [0.5, 0.6) is 0 Å². The standard InChI is InChI=1S/C10H19N3O/c1-12(2)10(14)13-6-5-8-3-4-9(7-13)11-8/h8-9,11H,3-7H2,1-2H3. The van der Waals surface area contributed by atoms with Gasteiger partial charge in [0.15, 0.2) is 0 Å². The number of hydrogen-bond acceptors (Lipinski definition) is 2. The third-order valence-corrected chi connectivity index (χ3v) is 3.18. The summed E-state index contributed by atoms with van der Waals surface area (Å²) >= 11 is 0. The van der Waals surface area contributed by atoms with E-state index in [1.807, 2.05) is 19.0 Å². The van der Waals surface area contributed by atoms with Crippen LogP contribution in [0.4, 0.5) is 4.79 Å². The molecule has 2 aliphatic rings. The van der Waals surface area contributed by atoms with Crippen molar-refractivity contribution in [1.29, 1.82) is 0 Å². The highest BCUT2D eigenvalue weighted by molar-refractivity contribution is 5.73. The molecule has 2 atom stereocenters. The zero-order chi connectivity index (χ0) is 10.1. The van der Waals surface area contributed by atoms with Gasteiger partial charge in [-0.2, -0.15) is 0 Å². The summed E-state index contributed by atoms with van der Waals surface area (Å²) in [4.78, 5) is 15.4. The van der Waals surface area contributed by atoms with E-state index in [9.17, 15) is 4.79 Å². The molecule has 0 spiro atoms. The predicted molar refractivity (Wildman–Crippen MR) is 55.2 cm³/mol. The highest BCUT2D eigenvalue weighted by atomic mass is 16.2. The summed E-state index contributed by atoms with van der Waals surface area (Å²) < 4.78 is 0. The third kappa shape index (κ3) is 1.85. The van der Waals surface area contributed by atoms with Gasteiger partial charge in [-0.05, 0) is 19.3 Å². The molecule has 2 amide bonds. The van der Waals surface area contributed by atoms with Crippen molar-refractivity contribution in [3.63, 3.8) is 0 Å². The molecule has 0 radical (unpaired) electrons. The van der Waals surface area contributed by atoms with Crippen LogP contribution in [0, 0.1) is 0 Å². The van der Waals surface area contributed by atoms with Crippen LogP contribution in [0.1, 0.15) is 19.3 Å². The Morgan fingerprint density at radius 1 is 1.29 bits per heavy atom. The van der Waals surface area contributed by atoms with Crippen molar-refractivity contribution in [2.45, 2.75) is 31.3 Å². The summed E-state index contributed by atoms with van der Waals surface area (Å²) in [6, 6.07) is 1.34. The molecule has 2 heterocycles. The van der Waals surface area contributed by atoms with Crippen molar-refractivity contribution >= 4 is 6.03 Å². The number of carbonyl (C=O) groups excluding carboxylic acids is 1. The van der Waals surface area contributed by atoms with Crippen molar-refractivity contribution in [2.75, 3.05) is 27.2 Å². The van der Waals surface area contributed by atoms with Crippen molar-refractivity contribution in [3.05, 3.63) is 0 Å². The number of rotatable bonds is 0. The van der Waals surface area contributed by atoms with E-state index >= 15 is 0 Å². The van der Waals surface area contributed by atoms with E-state index in [1.165, 1.54) is 12.8 Å². The van der Waals surface area contributed by atoms with Crippen molar-refractivity contribution in [2.24, 2.45) is 0 Å². The fourth-order valence-electron chi connectivity index (χ4n) is 2.40. The van der Waals surface area contributed by atoms with E-state index in [1.54, 1.807) is 4.90 Å². The third-order valence-electron chi connectivity index (χ3n) is 3.18. The summed E-state index contributed by atoms with van der Waals surface area (Å²) in [7, 11) is 3.64. The van der Waals surface area contributed by atoms with Crippen LogP contribution in [-0.2, 0) is 0 Å². The van der Waals surface area contributed by atoms with Crippen LogP contribution >= 0.6 is 0 Å². The van der Waals surface area contributed by atoms with Gasteiger partial charge in [-0.15, -0.1) is 0 Å². The minimum Gasteiger partial charge on any atom is -0.331 e. The molecule has 0 aromatic carbocycles. The lowest BCUT2D eigenvalue weighted by molar-refractivity contribution is 0.168. The molecule has 0 aliphatic carbocycles. The maximum Gasteiger partial charge on any atom is 0.319 e. The maximum atomic E-state index is 11.8. The Morgan fingerprint density at radius 2 is 2.00 bits per heavy atom. The number of likely N-dealkylation sites (tertiary alicyclic amines) is 1. The molecular formula is C10H19N3O. The van der Waals surface area contributed by atoms with Gasteiger partial charge in [0, 0.05) is 39.3 Å². The van der Waals surface area contributed by atoms with Crippen LogP contribution in [0.2, 0.25) is 0 Å². The first-order valence-electron chi connectivity index (χ1n) is 5.39. The smallest absolute Gasteiger partial charge is 0.319 e. The quantitative estimate of drug-likeness (QED) is 0.613. The second-order valence-corrected chi connectivity index (χ2v) is 4.55. The minimum atomic E-state index is 0.152. The highest BCUT2D eigenvalue weighted by Crippen LogP contribution is 2.20.